The van der Waals surface area contributed by atoms with Crippen LogP contribution in [0.1, 0.15) is 6.42 Å². The second kappa shape index (κ2) is 2.73. The first-order valence-corrected chi connectivity index (χ1v) is 3.29. The van der Waals surface area contributed by atoms with Crippen molar-refractivity contribution in [3.05, 3.63) is 0 Å². The second-order valence-electron chi connectivity index (χ2n) is 2.66. The van der Waals surface area contributed by atoms with E-state index >= 15 is 0 Å². The number of halogens is 2. The third-order valence-electron chi connectivity index (χ3n) is 1.74. The van der Waals surface area contributed by atoms with E-state index in [1.165, 1.54) is 0 Å². The van der Waals surface area contributed by atoms with Gasteiger partial charge in [0.15, 0.2) is 0 Å². The number of alkyl halides is 2. The van der Waals surface area contributed by atoms with Crippen molar-refractivity contribution in [3.63, 3.8) is 0 Å². The lowest BCUT2D eigenvalue weighted by molar-refractivity contribution is -0.130. The summed E-state index contributed by atoms with van der Waals surface area (Å²) in [4.78, 5) is 10.7. The molecule has 0 saturated carbocycles. The van der Waals surface area contributed by atoms with Gasteiger partial charge in [-0.2, -0.15) is 0 Å². The largest absolute Gasteiger partial charge is 0.394 e. The molecule has 1 fully saturated rings. The minimum atomic E-state index is -2.41. The lowest BCUT2D eigenvalue weighted by atomic mass is 10.0. The maximum Gasteiger partial charge on any atom is 0.260 e. The van der Waals surface area contributed by atoms with Gasteiger partial charge in [0.05, 0.1) is 12.6 Å². The molecule has 0 aromatic rings. The molecule has 0 radical (unpaired) electrons. The summed E-state index contributed by atoms with van der Waals surface area (Å²) in [6, 6.07) is -0.636. The average molecular weight is 165 g/mol. The third-order valence-corrected chi connectivity index (χ3v) is 1.74. The van der Waals surface area contributed by atoms with E-state index in [4.69, 9.17) is 5.11 Å². The van der Waals surface area contributed by atoms with Gasteiger partial charge >= 0.3 is 0 Å². The van der Waals surface area contributed by atoms with Crippen molar-refractivity contribution in [2.75, 3.05) is 13.3 Å². The molecular weight excluding hydrogens is 156 g/mol. The number of aliphatic hydroxyl groups excluding tert-OH is 1. The monoisotopic (exact) mass is 165 g/mol. The second-order valence-corrected chi connectivity index (χ2v) is 2.66. The molecule has 1 rings (SSSR count). The summed E-state index contributed by atoms with van der Waals surface area (Å²) in [7, 11) is 0. The van der Waals surface area contributed by atoms with Crippen molar-refractivity contribution >= 4 is 5.91 Å². The van der Waals surface area contributed by atoms with Crippen LogP contribution in [0.25, 0.3) is 0 Å². The molecule has 1 heterocycles. The van der Waals surface area contributed by atoms with Gasteiger partial charge in [-0.1, -0.05) is 0 Å². The van der Waals surface area contributed by atoms with Gasteiger partial charge in [-0.25, -0.2) is 8.78 Å². The number of amides is 1. The van der Waals surface area contributed by atoms with Crippen LogP contribution in [-0.4, -0.2) is 36.0 Å². The summed E-state index contributed by atoms with van der Waals surface area (Å²) in [5, 5.41) is 10.6. The summed E-state index contributed by atoms with van der Waals surface area (Å²) in [5.41, 5.74) is -2.41. The Kier molecular flexibility index (Phi) is 2.08. The molecule has 1 saturated heterocycles. The van der Waals surface area contributed by atoms with Crippen LogP contribution in [0.4, 0.5) is 8.78 Å². The Labute approximate surface area is 62.4 Å². The van der Waals surface area contributed by atoms with E-state index in [-0.39, 0.29) is 13.0 Å². The van der Waals surface area contributed by atoms with Crippen molar-refractivity contribution < 1.29 is 18.7 Å². The molecule has 0 aromatic heterocycles. The van der Waals surface area contributed by atoms with Crippen LogP contribution >= 0.6 is 0 Å². The Balaban J connectivity index is 2.65. The summed E-state index contributed by atoms with van der Waals surface area (Å²) in [6.07, 6.45) is -0.279. The molecule has 0 bridgehead atoms. The minimum Gasteiger partial charge on any atom is -0.394 e. The number of aliphatic hydroxyl groups is 1. The maximum atomic E-state index is 13.0. The van der Waals surface area contributed by atoms with E-state index in [1.54, 1.807) is 0 Å². The van der Waals surface area contributed by atoms with Gasteiger partial charge < -0.3 is 10.4 Å². The number of nitrogens with one attached hydrogen (secondary N) is 1. The molecule has 0 aliphatic carbocycles. The molecule has 3 nitrogen and oxygen atoms in total. The summed E-state index contributed by atoms with van der Waals surface area (Å²) in [6.45, 7) is -1.67. The zero-order chi connectivity index (χ0) is 8.48. The quantitative estimate of drug-likeness (QED) is 0.582. The highest BCUT2D eigenvalue weighted by atomic mass is 19.2. The highest BCUT2D eigenvalue weighted by molar-refractivity contribution is 5.87. The van der Waals surface area contributed by atoms with E-state index in [9.17, 15) is 13.6 Å². The molecule has 5 heteroatoms. The Morgan fingerprint density at radius 1 is 1.82 bits per heavy atom. The normalized spacial score (nSPS) is 37.4. The molecule has 1 amide bonds. The first-order valence-electron chi connectivity index (χ1n) is 3.29. The van der Waals surface area contributed by atoms with E-state index in [1.807, 2.05) is 0 Å². The molecule has 1 aliphatic rings. The molecule has 1 aliphatic heterocycles. The standard InChI is InChI=1S/C6H9F2NO2/c7-3-6(8)1-4(2-10)9-5(6)11/h4,10H,1-3H2,(H,9,11). The van der Waals surface area contributed by atoms with Gasteiger partial charge in [0, 0.05) is 6.42 Å². The molecule has 64 valence electrons. The van der Waals surface area contributed by atoms with E-state index < -0.39 is 24.3 Å². The average Bonchev–Trinajstić information content (AvgIpc) is 2.29. The number of carbonyl (C=O) groups excluding carboxylic acids is 1. The zero-order valence-corrected chi connectivity index (χ0v) is 5.81. The number of hydrogen-bond donors (Lipinski definition) is 2. The maximum absolute atomic E-state index is 13.0. The molecule has 0 aromatic carbocycles. The Hall–Kier alpha value is -0.710. The van der Waals surface area contributed by atoms with Crippen LogP contribution in [0.5, 0.6) is 0 Å². The first-order chi connectivity index (χ1) is 5.12. The third kappa shape index (κ3) is 1.33. The minimum absolute atomic E-state index is 0.279. The Bertz CT molecular complexity index is 176. The van der Waals surface area contributed by atoms with E-state index in [2.05, 4.69) is 5.32 Å². The zero-order valence-electron chi connectivity index (χ0n) is 5.81. The predicted octanol–water partition coefficient (Wildman–Crippen LogP) is -0.455. The van der Waals surface area contributed by atoms with Crippen LogP contribution in [0.2, 0.25) is 0 Å². The fraction of sp³-hybridized carbons (Fsp3) is 0.833. The summed E-state index contributed by atoms with van der Waals surface area (Å²) < 4.78 is 24.9. The van der Waals surface area contributed by atoms with Crippen LogP contribution in [0, 0.1) is 0 Å². The van der Waals surface area contributed by atoms with E-state index in [0.29, 0.717) is 0 Å². The lowest BCUT2D eigenvalue weighted by Crippen LogP contribution is -2.36. The summed E-state index contributed by atoms with van der Waals surface area (Å²) in [5.74, 6) is -0.959. The van der Waals surface area contributed by atoms with Crippen LogP contribution in [0.15, 0.2) is 0 Å². The molecule has 11 heavy (non-hydrogen) atoms. The highest BCUT2D eigenvalue weighted by Gasteiger charge is 2.47. The van der Waals surface area contributed by atoms with Gasteiger partial charge in [-0.05, 0) is 0 Å². The van der Waals surface area contributed by atoms with Gasteiger partial charge in [0.2, 0.25) is 5.67 Å². The van der Waals surface area contributed by atoms with Crippen molar-refractivity contribution in [1.29, 1.82) is 0 Å². The number of rotatable bonds is 2. The fourth-order valence-electron chi connectivity index (χ4n) is 1.07. The Morgan fingerprint density at radius 3 is 2.73 bits per heavy atom. The van der Waals surface area contributed by atoms with Crippen molar-refractivity contribution in [2.45, 2.75) is 18.1 Å². The topological polar surface area (TPSA) is 49.3 Å². The molecular formula is C6H9F2NO2. The number of hydrogen-bond acceptors (Lipinski definition) is 2. The smallest absolute Gasteiger partial charge is 0.260 e. The van der Waals surface area contributed by atoms with Crippen LogP contribution < -0.4 is 5.32 Å². The lowest BCUT2D eigenvalue weighted by Gasteiger charge is -2.09. The van der Waals surface area contributed by atoms with Crippen molar-refractivity contribution in [1.82, 2.24) is 5.32 Å². The predicted molar refractivity (Wildman–Crippen MR) is 33.4 cm³/mol. The van der Waals surface area contributed by atoms with Crippen LogP contribution in [0.3, 0.4) is 0 Å². The highest BCUT2D eigenvalue weighted by Crippen LogP contribution is 2.25. The van der Waals surface area contributed by atoms with Gasteiger partial charge in [0.25, 0.3) is 5.91 Å². The first kappa shape index (κ1) is 8.39. The van der Waals surface area contributed by atoms with Gasteiger partial charge in [-0.15, -0.1) is 0 Å². The summed E-state index contributed by atoms with van der Waals surface area (Å²) >= 11 is 0. The fourth-order valence-corrected chi connectivity index (χ4v) is 1.07. The van der Waals surface area contributed by atoms with Crippen molar-refractivity contribution in [3.8, 4) is 0 Å². The molecule has 2 unspecified atom stereocenters. The molecule has 0 spiro atoms. The Morgan fingerprint density at radius 2 is 2.45 bits per heavy atom. The van der Waals surface area contributed by atoms with E-state index in [0.717, 1.165) is 0 Å². The van der Waals surface area contributed by atoms with Gasteiger partial charge in [-0.3, -0.25) is 4.79 Å². The number of carbonyl (C=O) groups is 1. The van der Waals surface area contributed by atoms with Gasteiger partial charge in [0.1, 0.15) is 6.67 Å². The van der Waals surface area contributed by atoms with Crippen molar-refractivity contribution in [2.24, 2.45) is 0 Å². The van der Waals surface area contributed by atoms with Crippen LogP contribution in [-0.2, 0) is 4.79 Å². The SMILES string of the molecule is O=C1NC(CO)CC1(F)CF. The molecule has 2 N–H and O–H groups in total. The molecule has 2 atom stereocenters.